The van der Waals surface area contributed by atoms with Gasteiger partial charge in [0, 0.05) is 77.8 Å². The van der Waals surface area contributed by atoms with E-state index in [1.807, 2.05) is 30.3 Å². The second kappa shape index (κ2) is 10.3. The van der Waals surface area contributed by atoms with Crippen LogP contribution in [0.4, 0.5) is 10.5 Å². The van der Waals surface area contributed by atoms with E-state index in [0.29, 0.717) is 18.1 Å². The Labute approximate surface area is 200 Å². The fourth-order valence-corrected chi connectivity index (χ4v) is 2.79. The van der Waals surface area contributed by atoms with Crippen molar-refractivity contribution in [3.63, 3.8) is 0 Å². The number of tetrazole rings is 1. The van der Waals surface area contributed by atoms with Gasteiger partial charge in [-0.1, -0.05) is 18.2 Å². The van der Waals surface area contributed by atoms with Gasteiger partial charge in [0.1, 0.15) is 6.61 Å². The summed E-state index contributed by atoms with van der Waals surface area (Å²) in [6.07, 6.45) is 1.34. The maximum Gasteiger partial charge on any atom is 0.414 e. The van der Waals surface area contributed by atoms with Crippen molar-refractivity contribution < 1.29 is 68.0 Å². The van der Waals surface area contributed by atoms with Gasteiger partial charge in [-0.3, -0.25) is 20.3 Å². The molecule has 0 aliphatic carbocycles. The molecule has 0 saturated carbocycles. The van der Waals surface area contributed by atoms with E-state index >= 15 is 0 Å². The quantitative estimate of drug-likeness (QED) is 0.396. The molecule has 3 heterocycles. The predicted molar refractivity (Wildman–Crippen MR) is 90.7 cm³/mol. The topological polar surface area (TPSA) is 104 Å². The predicted octanol–water partition coefficient (Wildman–Crippen LogP) is 1.69. The number of anilines is 1. The van der Waals surface area contributed by atoms with Crippen LogP contribution in [0.3, 0.4) is 0 Å². The molecule has 0 unspecified atom stereocenters. The molecule has 11 heteroatoms. The SMILES string of the molecule is [CH2-]OC[C@@H]1COC(=O)N1c1ccc(-c2ccc(-c3nn[n-]n3)nc2)cc1.[W].[Y]. The third kappa shape index (κ3) is 4.71. The Hall–Kier alpha value is -1.54. The number of benzene rings is 1. The van der Waals surface area contributed by atoms with Crippen LogP contribution >= 0.6 is 0 Å². The Kier molecular flexibility index (Phi) is 8.37. The van der Waals surface area contributed by atoms with Gasteiger partial charge in [0.25, 0.3) is 0 Å². The molecular weight excluding hydrogens is 609 g/mol. The summed E-state index contributed by atoms with van der Waals surface area (Å²) in [6, 6.07) is 11.1. The van der Waals surface area contributed by atoms with E-state index in [1.165, 1.54) is 0 Å². The van der Waals surface area contributed by atoms with Gasteiger partial charge in [0.05, 0.1) is 17.6 Å². The normalized spacial score (nSPS) is 15.5. The van der Waals surface area contributed by atoms with Gasteiger partial charge in [0.15, 0.2) is 0 Å². The fraction of sp³-hybridized carbons (Fsp3) is 0.176. The van der Waals surface area contributed by atoms with E-state index in [4.69, 9.17) is 9.47 Å². The molecule has 1 aromatic carbocycles. The summed E-state index contributed by atoms with van der Waals surface area (Å²) in [6.45, 7) is 0.599. The van der Waals surface area contributed by atoms with Gasteiger partial charge < -0.3 is 14.6 Å². The van der Waals surface area contributed by atoms with Crippen LogP contribution in [0.5, 0.6) is 0 Å². The van der Waals surface area contributed by atoms with Crippen molar-refractivity contribution in [2.24, 2.45) is 0 Å². The van der Waals surface area contributed by atoms with E-state index in [0.717, 1.165) is 16.8 Å². The first-order chi connectivity index (χ1) is 12.8. The molecule has 141 valence electrons. The van der Waals surface area contributed by atoms with Crippen molar-refractivity contribution in [1.82, 2.24) is 25.6 Å². The minimum Gasteiger partial charge on any atom is -0.553 e. The van der Waals surface area contributed by atoms with Gasteiger partial charge in [-0.15, -0.1) is 0 Å². The molecule has 1 aliphatic rings. The number of carbonyl (C=O) groups is 1. The number of amides is 1. The average molecular weight is 623 g/mol. The van der Waals surface area contributed by atoms with Gasteiger partial charge >= 0.3 is 6.09 Å². The molecule has 0 bridgehead atoms. The monoisotopic (exact) mass is 623 g/mol. The number of hydrogen-bond donors (Lipinski definition) is 0. The molecule has 1 saturated heterocycles. The number of pyridine rings is 1. The van der Waals surface area contributed by atoms with Crippen molar-refractivity contribution in [3.8, 4) is 22.6 Å². The molecule has 9 nitrogen and oxygen atoms in total. The number of ether oxygens (including phenoxy) is 2. The second-order valence-corrected chi connectivity index (χ2v) is 5.65. The van der Waals surface area contributed by atoms with Crippen molar-refractivity contribution >= 4 is 11.8 Å². The zero-order valence-corrected chi connectivity index (χ0v) is 20.4. The summed E-state index contributed by atoms with van der Waals surface area (Å²) >= 11 is 0. The summed E-state index contributed by atoms with van der Waals surface area (Å²) in [5.74, 6) is 0.387. The maximum absolute atomic E-state index is 12.0. The number of rotatable bonds is 5. The fourth-order valence-electron chi connectivity index (χ4n) is 2.79. The number of hydrogen-bond acceptors (Lipinski definition) is 7. The van der Waals surface area contributed by atoms with Gasteiger partial charge in [0.2, 0.25) is 0 Å². The molecule has 3 aromatic rings. The van der Waals surface area contributed by atoms with Crippen LogP contribution in [0.1, 0.15) is 0 Å². The zero-order valence-electron chi connectivity index (χ0n) is 14.6. The Morgan fingerprint density at radius 3 is 2.57 bits per heavy atom. The minimum atomic E-state index is -0.386. The third-order valence-electron chi connectivity index (χ3n) is 4.06. The van der Waals surface area contributed by atoms with E-state index in [9.17, 15) is 4.79 Å². The van der Waals surface area contributed by atoms with Crippen LogP contribution in [0.2, 0.25) is 0 Å². The summed E-state index contributed by atoms with van der Waals surface area (Å²) in [5, 5.41) is 14.4. The Balaban J connectivity index is 0.00000140. The number of aromatic nitrogens is 5. The average Bonchev–Trinajstić information content (AvgIpc) is 3.33. The van der Waals surface area contributed by atoms with Gasteiger partial charge in [-0.2, -0.15) is 0 Å². The summed E-state index contributed by atoms with van der Waals surface area (Å²) < 4.78 is 10.0. The Morgan fingerprint density at radius 2 is 1.96 bits per heavy atom. The van der Waals surface area contributed by atoms with Crippen LogP contribution in [0.25, 0.3) is 22.6 Å². The minimum absolute atomic E-state index is 0. The van der Waals surface area contributed by atoms with Crippen LogP contribution in [0, 0.1) is 7.11 Å². The molecule has 1 fully saturated rings. The molecule has 1 atom stereocenters. The first kappa shape index (κ1) is 22.7. The van der Waals surface area contributed by atoms with Crippen molar-refractivity contribution in [1.29, 1.82) is 0 Å². The maximum atomic E-state index is 12.0. The van der Waals surface area contributed by atoms with E-state index in [-0.39, 0.29) is 72.5 Å². The van der Waals surface area contributed by atoms with Crippen LogP contribution < -0.4 is 10.1 Å². The smallest absolute Gasteiger partial charge is 0.414 e. The molecule has 0 spiro atoms. The number of carbonyl (C=O) groups excluding carboxylic acids is 1. The molecule has 28 heavy (non-hydrogen) atoms. The zero-order chi connectivity index (χ0) is 17.9. The van der Waals surface area contributed by atoms with Crippen LogP contribution in [0.15, 0.2) is 42.6 Å². The first-order valence-corrected chi connectivity index (χ1v) is 7.85. The molecular formula is C17H14N6O3WY-2. The van der Waals surface area contributed by atoms with Crippen molar-refractivity contribution in [2.45, 2.75) is 6.04 Å². The molecule has 1 amide bonds. The molecule has 2 aromatic heterocycles. The summed E-state index contributed by atoms with van der Waals surface area (Å²) in [7, 11) is 3.36. The number of nitrogens with zero attached hydrogens (tertiary/aromatic N) is 6. The third-order valence-corrected chi connectivity index (χ3v) is 4.06. The molecule has 0 N–H and O–H groups in total. The van der Waals surface area contributed by atoms with Crippen molar-refractivity contribution in [3.05, 3.63) is 49.7 Å². The Morgan fingerprint density at radius 1 is 1.21 bits per heavy atom. The van der Waals surface area contributed by atoms with Crippen LogP contribution in [-0.4, -0.2) is 45.7 Å². The second-order valence-electron chi connectivity index (χ2n) is 5.65. The van der Waals surface area contributed by atoms with E-state index < -0.39 is 0 Å². The van der Waals surface area contributed by atoms with Crippen LogP contribution in [-0.2, 0) is 63.2 Å². The van der Waals surface area contributed by atoms with Crippen molar-refractivity contribution in [2.75, 3.05) is 18.1 Å². The molecule has 1 radical (unpaired) electrons. The van der Waals surface area contributed by atoms with E-state index in [2.05, 4.69) is 32.7 Å². The Bertz CT molecular complexity index is 892. The molecule has 1 aliphatic heterocycles. The first-order valence-electron chi connectivity index (χ1n) is 7.85. The standard InChI is InChI=1S/C17H14N6O3.W.Y/c1-25-9-14-10-26-17(24)23(14)13-5-2-11(3-6-13)12-4-7-15(18-8-12)16-19-21-22-20-16;;/h2-8,14H,1,9-10H2;;/q-2;;/t14-;;/m1../s1. The summed E-state index contributed by atoms with van der Waals surface area (Å²) in [4.78, 5) is 17.9. The number of cyclic esters (lactones) is 1. The summed E-state index contributed by atoms with van der Waals surface area (Å²) in [5.41, 5.74) is 3.23. The largest absolute Gasteiger partial charge is 0.553 e. The van der Waals surface area contributed by atoms with Gasteiger partial charge in [-0.25, -0.2) is 17.0 Å². The molecule has 4 rings (SSSR count). The van der Waals surface area contributed by atoms with Gasteiger partial charge in [-0.05, 0) is 23.8 Å². The van der Waals surface area contributed by atoms with E-state index in [1.54, 1.807) is 17.2 Å².